The summed E-state index contributed by atoms with van der Waals surface area (Å²) in [5.74, 6) is 0.427. The molecule has 0 radical (unpaired) electrons. The van der Waals surface area contributed by atoms with Crippen LogP contribution in [0, 0.1) is 11.8 Å². The molecule has 0 spiro atoms. The van der Waals surface area contributed by atoms with Gasteiger partial charge in [0.15, 0.2) is 0 Å². The number of benzene rings is 1. The van der Waals surface area contributed by atoms with E-state index in [4.69, 9.17) is 5.73 Å². The lowest BCUT2D eigenvalue weighted by Crippen LogP contribution is -2.40. The molecule has 158 valence electrons. The number of likely N-dealkylation sites (tertiary alicyclic amines) is 1. The Labute approximate surface area is 179 Å². The van der Waals surface area contributed by atoms with E-state index in [2.05, 4.69) is 15.5 Å². The molecule has 2 fully saturated rings. The second kappa shape index (κ2) is 12.3. The lowest BCUT2D eigenvalue weighted by molar-refractivity contribution is -0.123. The number of carbonyl (C=O) groups is 2. The molecule has 2 amide bonds. The first-order valence-electron chi connectivity index (χ1n) is 9.72. The predicted octanol–water partition coefficient (Wildman–Crippen LogP) is 2.56. The summed E-state index contributed by atoms with van der Waals surface area (Å²) in [5.41, 5.74) is 7.45. The second-order valence-electron chi connectivity index (χ2n) is 7.58. The second-order valence-corrected chi connectivity index (χ2v) is 7.58. The maximum atomic E-state index is 12.3. The van der Waals surface area contributed by atoms with E-state index in [1.54, 1.807) is 0 Å². The molecule has 2 atom stereocenters. The molecular weight excluding hydrogens is 399 g/mol. The SMILES string of the molecule is Cl.Cl.NC(=O)C1CCCN(Cc2ccccc2NC(=O)CCC2CCNC2)C1. The van der Waals surface area contributed by atoms with Crippen molar-refractivity contribution >= 4 is 42.3 Å². The van der Waals surface area contributed by atoms with Gasteiger partial charge >= 0.3 is 0 Å². The van der Waals surface area contributed by atoms with E-state index >= 15 is 0 Å². The summed E-state index contributed by atoms with van der Waals surface area (Å²) < 4.78 is 0. The summed E-state index contributed by atoms with van der Waals surface area (Å²) in [6, 6.07) is 7.94. The third kappa shape index (κ3) is 7.24. The number of hydrogen-bond donors (Lipinski definition) is 3. The van der Waals surface area contributed by atoms with E-state index in [9.17, 15) is 9.59 Å². The Morgan fingerprint density at radius 2 is 2.00 bits per heavy atom. The molecule has 2 saturated heterocycles. The summed E-state index contributed by atoms with van der Waals surface area (Å²) >= 11 is 0. The number of nitrogens with one attached hydrogen (secondary N) is 2. The summed E-state index contributed by atoms with van der Waals surface area (Å²) in [6.45, 7) is 4.48. The van der Waals surface area contributed by atoms with Crippen molar-refractivity contribution in [1.29, 1.82) is 0 Å². The monoisotopic (exact) mass is 430 g/mol. The smallest absolute Gasteiger partial charge is 0.224 e. The van der Waals surface area contributed by atoms with Crippen LogP contribution in [0.25, 0.3) is 0 Å². The number of para-hydroxylation sites is 1. The number of amides is 2. The molecule has 8 heteroatoms. The maximum Gasteiger partial charge on any atom is 0.224 e. The largest absolute Gasteiger partial charge is 0.369 e. The van der Waals surface area contributed by atoms with Gasteiger partial charge in [0.05, 0.1) is 5.92 Å². The Morgan fingerprint density at radius 1 is 1.21 bits per heavy atom. The van der Waals surface area contributed by atoms with E-state index in [1.807, 2.05) is 24.3 Å². The summed E-state index contributed by atoms with van der Waals surface area (Å²) in [4.78, 5) is 26.1. The van der Waals surface area contributed by atoms with Crippen LogP contribution in [0.2, 0.25) is 0 Å². The van der Waals surface area contributed by atoms with Gasteiger partial charge in [-0.1, -0.05) is 18.2 Å². The fraction of sp³-hybridized carbons (Fsp3) is 0.600. The Hall–Kier alpha value is -1.34. The number of piperidine rings is 1. The average molecular weight is 431 g/mol. The Bertz CT molecular complexity index is 638. The summed E-state index contributed by atoms with van der Waals surface area (Å²) in [5, 5.41) is 6.42. The molecule has 4 N–H and O–H groups in total. The summed E-state index contributed by atoms with van der Waals surface area (Å²) in [6.07, 6.45) is 4.53. The molecule has 2 heterocycles. The number of anilines is 1. The van der Waals surface area contributed by atoms with Gasteiger partial charge in [-0.15, -0.1) is 24.8 Å². The highest BCUT2D eigenvalue weighted by Gasteiger charge is 2.24. The number of hydrogen-bond acceptors (Lipinski definition) is 4. The first kappa shape index (κ1) is 24.7. The third-order valence-corrected chi connectivity index (χ3v) is 5.54. The van der Waals surface area contributed by atoms with Gasteiger partial charge in [-0.05, 0) is 62.9 Å². The molecule has 0 aliphatic carbocycles. The average Bonchev–Trinajstić information content (AvgIpc) is 3.15. The number of carbonyl (C=O) groups excluding carboxylic acids is 2. The standard InChI is InChI=1S/C20H30N4O2.2ClH/c21-20(26)17-5-3-11-24(14-17)13-16-4-1-2-6-18(16)23-19(25)8-7-15-9-10-22-12-15;;/h1-2,4,6,15,17,22H,3,5,7-14H2,(H2,21,26)(H,23,25);2*1H. The first-order chi connectivity index (χ1) is 12.6. The van der Waals surface area contributed by atoms with Crippen molar-refractivity contribution in [3.05, 3.63) is 29.8 Å². The van der Waals surface area contributed by atoms with Crippen LogP contribution in [0.3, 0.4) is 0 Å². The zero-order valence-corrected chi connectivity index (χ0v) is 17.8. The van der Waals surface area contributed by atoms with Gasteiger partial charge in [0.25, 0.3) is 0 Å². The minimum atomic E-state index is -0.210. The minimum absolute atomic E-state index is 0. The van der Waals surface area contributed by atoms with Crippen LogP contribution in [-0.4, -0.2) is 42.9 Å². The van der Waals surface area contributed by atoms with E-state index in [-0.39, 0.29) is 42.5 Å². The molecule has 2 unspecified atom stereocenters. The predicted molar refractivity (Wildman–Crippen MR) is 117 cm³/mol. The minimum Gasteiger partial charge on any atom is -0.369 e. The van der Waals surface area contributed by atoms with Crippen molar-refractivity contribution in [3.63, 3.8) is 0 Å². The molecule has 0 aromatic heterocycles. The molecule has 2 aliphatic heterocycles. The molecule has 1 aromatic rings. The van der Waals surface area contributed by atoms with E-state index in [0.717, 1.165) is 56.7 Å². The Morgan fingerprint density at radius 3 is 2.71 bits per heavy atom. The van der Waals surface area contributed by atoms with Crippen molar-refractivity contribution in [2.75, 3.05) is 31.5 Å². The van der Waals surface area contributed by atoms with E-state index < -0.39 is 0 Å². The molecule has 1 aromatic carbocycles. The zero-order chi connectivity index (χ0) is 18.4. The quantitative estimate of drug-likeness (QED) is 0.619. The molecule has 3 rings (SSSR count). The molecule has 0 bridgehead atoms. The molecule has 28 heavy (non-hydrogen) atoms. The van der Waals surface area contributed by atoms with Crippen LogP contribution < -0.4 is 16.4 Å². The van der Waals surface area contributed by atoms with Gasteiger partial charge in [-0.2, -0.15) is 0 Å². The molecule has 0 saturated carbocycles. The number of nitrogens with zero attached hydrogens (tertiary/aromatic N) is 1. The number of rotatable bonds is 7. The fourth-order valence-corrected chi connectivity index (χ4v) is 3.96. The van der Waals surface area contributed by atoms with Gasteiger partial charge in [-0.25, -0.2) is 0 Å². The van der Waals surface area contributed by atoms with Crippen LogP contribution in [0.15, 0.2) is 24.3 Å². The van der Waals surface area contributed by atoms with Crippen molar-refractivity contribution in [1.82, 2.24) is 10.2 Å². The Kier molecular flexibility index (Phi) is 10.8. The van der Waals surface area contributed by atoms with Gasteiger partial charge < -0.3 is 16.4 Å². The molecular formula is C20H32Cl2N4O2. The van der Waals surface area contributed by atoms with Crippen molar-refractivity contribution in [2.24, 2.45) is 17.6 Å². The topological polar surface area (TPSA) is 87.5 Å². The van der Waals surface area contributed by atoms with E-state index in [1.165, 1.54) is 6.42 Å². The number of nitrogens with two attached hydrogens (primary N) is 1. The van der Waals surface area contributed by atoms with Crippen molar-refractivity contribution in [3.8, 4) is 0 Å². The number of halogens is 2. The van der Waals surface area contributed by atoms with Crippen LogP contribution in [-0.2, 0) is 16.1 Å². The number of primary amides is 1. The van der Waals surface area contributed by atoms with Crippen molar-refractivity contribution < 1.29 is 9.59 Å². The van der Waals surface area contributed by atoms with Crippen LogP contribution in [0.5, 0.6) is 0 Å². The molecule has 2 aliphatic rings. The van der Waals surface area contributed by atoms with Crippen LogP contribution >= 0.6 is 24.8 Å². The first-order valence-corrected chi connectivity index (χ1v) is 9.72. The third-order valence-electron chi connectivity index (χ3n) is 5.54. The van der Waals surface area contributed by atoms with Crippen molar-refractivity contribution in [2.45, 2.75) is 38.6 Å². The van der Waals surface area contributed by atoms with Gasteiger partial charge in [0.2, 0.25) is 11.8 Å². The highest BCUT2D eigenvalue weighted by Crippen LogP contribution is 2.23. The summed E-state index contributed by atoms with van der Waals surface area (Å²) in [7, 11) is 0. The van der Waals surface area contributed by atoms with Gasteiger partial charge in [0.1, 0.15) is 0 Å². The normalized spacial score (nSPS) is 22.0. The highest BCUT2D eigenvalue weighted by molar-refractivity contribution is 5.91. The maximum absolute atomic E-state index is 12.3. The van der Waals surface area contributed by atoms with Gasteiger partial charge in [-0.3, -0.25) is 14.5 Å². The Balaban J connectivity index is 0.00000196. The zero-order valence-electron chi connectivity index (χ0n) is 16.2. The van der Waals surface area contributed by atoms with Gasteiger partial charge in [0, 0.05) is 25.2 Å². The van der Waals surface area contributed by atoms with E-state index in [0.29, 0.717) is 18.9 Å². The van der Waals surface area contributed by atoms with Crippen LogP contribution in [0.1, 0.15) is 37.7 Å². The lowest BCUT2D eigenvalue weighted by Gasteiger charge is -2.31. The lowest BCUT2D eigenvalue weighted by atomic mass is 9.97. The highest BCUT2D eigenvalue weighted by atomic mass is 35.5. The van der Waals surface area contributed by atoms with Crippen LogP contribution in [0.4, 0.5) is 5.69 Å². The fourth-order valence-electron chi connectivity index (χ4n) is 3.96. The molecule has 6 nitrogen and oxygen atoms in total.